The van der Waals surface area contributed by atoms with Gasteiger partial charge in [-0.25, -0.2) is 4.63 Å². The van der Waals surface area contributed by atoms with Crippen molar-refractivity contribution in [3.8, 4) is 5.75 Å². The molecule has 0 bridgehead atoms. The monoisotopic (exact) mass is 282 g/mol. The van der Waals surface area contributed by atoms with Gasteiger partial charge in [0.1, 0.15) is 12.4 Å². The lowest BCUT2D eigenvalue weighted by atomic mass is 10.1. The van der Waals surface area contributed by atoms with E-state index in [1.54, 1.807) is 0 Å². The highest BCUT2D eigenvalue weighted by Gasteiger charge is 2.19. The van der Waals surface area contributed by atoms with E-state index in [-0.39, 0.29) is 0 Å². The molecule has 0 atom stereocenters. The molecule has 4 rings (SSSR count). The van der Waals surface area contributed by atoms with E-state index in [4.69, 9.17) is 15.1 Å². The second-order valence-corrected chi connectivity index (χ2v) is 5.01. The number of para-hydroxylation sites is 1. The van der Waals surface area contributed by atoms with Crippen molar-refractivity contribution in [1.82, 2.24) is 10.3 Å². The number of nitrogen functional groups attached to an aromatic ring is 1. The Morgan fingerprint density at radius 2 is 1.90 bits per heavy atom. The van der Waals surface area contributed by atoms with E-state index < -0.39 is 0 Å². The highest BCUT2D eigenvalue weighted by molar-refractivity contribution is 5.95. The van der Waals surface area contributed by atoms with Crippen molar-refractivity contribution in [1.29, 1.82) is 0 Å². The van der Waals surface area contributed by atoms with Crippen LogP contribution in [0, 0.1) is 0 Å². The summed E-state index contributed by atoms with van der Waals surface area (Å²) in [7, 11) is 0. The van der Waals surface area contributed by atoms with Crippen LogP contribution in [0.3, 0.4) is 0 Å². The first kappa shape index (κ1) is 12.0. The Kier molecular flexibility index (Phi) is 2.67. The van der Waals surface area contributed by atoms with Crippen LogP contribution in [-0.4, -0.2) is 23.5 Å². The van der Waals surface area contributed by atoms with E-state index in [0.29, 0.717) is 23.3 Å². The molecule has 2 N–H and O–H groups in total. The first-order valence-electron chi connectivity index (χ1n) is 6.79. The average Bonchev–Trinajstić information content (AvgIpc) is 2.89. The zero-order chi connectivity index (χ0) is 14.2. The van der Waals surface area contributed by atoms with Gasteiger partial charge in [0.2, 0.25) is 0 Å². The van der Waals surface area contributed by atoms with E-state index >= 15 is 0 Å². The van der Waals surface area contributed by atoms with Crippen LogP contribution in [0.4, 0.5) is 11.4 Å². The van der Waals surface area contributed by atoms with Crippen LogP contribution in [0.25, 0.3) is 11.0 Å². The van der Waals surface area contributed by atoms with Crippen LogP contribution in [0.15, 0.2) is 41.0 Å². The predicted molar refractivity (Wildman–Crippen MR) is 79.2 cm³/mol. The molecule has 0 saturated heterocycles. The molecule has 0 aliphatic carbocycles. The highest BCUT2D eigenvalue weighted by Crippen LogP contribution is 2.31. The Bertz CT molecular complexity index is 799. The third-order valence-electron chi connectivity index (χ3n) is 3.72. The summed E-state index contributed by atoms with van der Waals surface area (Å²) in [5.41, 5.74) is 9.87. The Morgan fingerprint density at radius 1 is 1.05 bits per heavy atom. The molecule has 106 valence electrons. The molecule has 3 aromatic rings. The highest BCUT2D eigenvalue weighted by atomic mass is 16.6. The smallest absolute Gasteiger partial charge is 0.160 e. The summed E-state index contributed by atoms with van der Waals surface area (Å²) >= 11 is 0. The van der Waals surface area contributed by atoms with E-state index in [9.17, 15) is 0 Å². The van der Waals surface area contributed by atoms with Gasteiger partial charge in [0.05, 0.1) is 17.9 Å². The third kappa shape index (κ3) is 1.96. The SMILES string of the molecule is Nc1ccc(N2CCOc3ccccc3C2)c2nonc12. The van der Waals surface area contributed by atoms with Crippen molar-refractivity contribution in [2.24, 2.45) is 0 Å². The zero-order valence-corrected chi connectivity index (χ0v) is 11.3. The Labute approximate surface area is 121 Å². The lowest BCUT2D eigenvalue weighted by Crippen LogP contribution is -2.25. The van der Waals surface area contributed by atoms with E-state index in [1.807, 2.05) is 30.3 Å². The number of ether oxygens (including phenoxy) is 1. The minimum absolute atomic E-state index is 0.571. The molecule has 0 amide bonds. The van der Waals surface area contributed by atoms with Crippen molar-refractivity contribution in [2.45, 2.75) is 6.54 Å². The summed E-state index contributed by atoms with van der Waals surface area (Å²) in [4.78, 5) is 2.21. The van der Waals surface area contributed by atoms with Crippen LogP contribution in [0.5, 0.6) is 5.75 Å². The summed E-state index contributed by atoms with van der Waals surface area (Å²) in [5.74, 6) is 0.935. The molecule has 1 aromatic heterocycles. The molecule has 0 saturated carbocycles. The molecule has 6 heteroatoms. The number of nitrogens with two attached hydrogens (primary N) is 1. The number of rotatable bonds is 1. The fourth-order valence-corrected chi connectivity index (χ4v) is 2.66. The first-order valence-corrected chi connectivity index (χ1v) is 6.79. The van der Waals surface area contributed by atoms with Crippen LogP contribution >= 0.6 is 0 Å². The maximum Gasteiger partial charge on any atom is 0.160 e. The zero-order valence-electron chi connectivity index (χ0n) is 11.3. The van der Waals surface area contributed by atoms with Crippen LogP contribution in [0.2, 0.25) is 0 Å². The number of aromatic nitrogens is 2. The van der Waals surface area contributed by atoms with Crippen molar-refractivity contribution in [3.63, 3.8) is 0 Å². The van der Waals surface area contributed by atoms with Gasteiger partial charge in [0, 0.05) is 12.1 Å². The van der Waals surface area contributed by atoms with E-state index in [2.05, 4.69) is 21.3 Å². The summed E-state index contributed by atoms with van der Waals surface area (Å²) < 4.78 is 10.6. The molecular weight excluding hydrogens is 268 g/mol. The van der Waals surface area contributed by atoms with Crippen LogP contribution < -0.4 is 15.4 Å². The normalized spacial score (nSPS) is 14.6. The van der Waals surface area contributed by atoms with Crippen molar-refractivity contribution in [2.75, 3.05) is 23.8 Å². The van der Waals surface area contributed by atoms with Gasteiger partial charge in [-0.05, 0) is 28.5 Å². The fraction of sp³-hybridized carbons (Fsp3) is 0.200. The quantitative estimate of drug-likeness (QED) is 0.689. The molecule has 0 radical (unpaired) electrons. The van der Waals surface area contributed by atoms with Gasteiger partial charge >= 0.3 is 0 Å². The first-order chi connectivity index (χ1) is 10.3. The molecule has 2 aromatic carbocycles. The number of hydrogen-bond donors (Lipinski definition) is 1. The van der Waals surface area contributed by atoms with Crippen molar-refractivity contribution < 1.29 is 9.37 Å². The molecule has 1 aliphatic heterocycles. The van der Waals surface area contributed by atoms with Crippen molar-refractivity contribution in [3.05, 3.63) is 42.0 Å². The topological polar surface area (TPSA) is 77.4 Å². The second-order valence-electron chi connectivity index (χ2n) is 5.01. The number of nitrogens with zero attached hydrogens (tertiary/aromatic N) is 3. The van der Waals surface area contributed by atoms with Gasteiger partial charge in [-0.3, -0.25) is 0 Å². The summed E-state index contributed by atoms with van der Waals surface area (Å²) in [6, 6.07) is 11.9. The molecule has 0 unspecified atom stereocenters. The van der Waals surface area contributed by atoms with Gasteiger partial charge in [-0.2, -0.15) is 0 Å². The fourth-order valence-electron chi connectivity index (χ4n) is 2.66. The van der Waals surface area contributed by atoms with Gasteiger partial charge in [0.25, 0.3) is 0 Å². The number of benzene rings is 2. The maximum atomic E-state index is 5.90. The van der Waals surface area contributed by atoms with Gasteiger partial charge in [-0.1, -0.05) is 18.2 Å². The van der Waals surface area contributed by atoms with Crippen LogP contribution in [-0.2, 0) is 6.54 Å². The summed E-state index contributed by atoms with van der Waals surface area (Å²) in [6.07, 6.45) is 0. The molecule has 6 nitrogen and oxygen atoms in total. The number of fused-ring (bicyclic) bond motifs is 2. The standard InChI is InChI=1S/C15H14N4O2/c16-11-5-6-12(15-14(11)17-21-18-15)19-7-8-20-13-4-2-1-3-10(13)9-19/h1-6H,7-9,16H2. The Morgan fingerprint density at radius 3 is 2.86 bits per heavy atom. The number of anilines is 2. The molecule has 1 aliphatic rings. The largest absolute Gasteiger partial charge is 0.491 e. The molecule has 21 heavy (non-hydrogen) atoms. The Hall–Kier alpha value is -2.76. The van der Waals surface area contributed by atoms with Crippen molar-refractivity contribution >= 4 is 22.4 Å². The molecular formula is C15H14N4O2. The third-order valence-corrected chi connectivity index (χ3v) is 3.72. The lowest BCUT2D eigenvalue weighted by molar-refractivity contribution is 0.315. The van der Waals surface area contributed by atoms with Gasteiger partial charge < -0.3 is 15.4 Å². The van der Waals surface area contributed by atoms with Gasteiger partial charge in [-0.15, -0.1) is 0 Å². The summed E-state index contributed by atoms with van der Waals surface area (Å²) in [5, 5.41) is 7.87. The van der Waals surface area contributed by atoms with Gasteiger partial charge in [0.15, 0.2) is 11.0 Å². The van der Waals surface area contributed by atoms with Crippen LogP contribution in [0.1, 0.15) is 5.56 Å². The minimum Gasteiger partial charge on any atom is -0.491 e. The second kappa shape index (κ2) is 4.66. The lowest BCUT2D eigenvalue weighted by Gasteiger charge is -2.22. The number of hydrogen-bond acceptors (Lipinski definition) is 6. The average molecular weight is 282 g/mol. The maximum absolute atomic E-state index is 5.90. The van der Waals surface area contributed by atoms with E-state index in [0.717, 1.165) is 30.1 Å². The Balaban J connectivity index is 1.79. The molecule has 0 fully saturated rings. The molecule has 2 heterocycles. The van der Waals surface area contributed by atoms with E-state index in [1.165, 1.54) is 0 Å². The molecule has 0 spiro atoms. The summed E-state index contributed by atoms with van der Waals surface area (Å²) in [6.45, 7) is 2.14. The minimum atomic E-state index is 0.571. The predicted octanol–water partition coefficient (Wildman–Crippen LogP) is 2.20.